The molecule has 4 heteroatoms. The third kappa shape index (κ3) is 4.17. The average Bonchev–Trinajstić information content (AvgIpc) is 1.81. The summed E-state index contributed by atoms with van der Waals surface area (Å²) in [6.07, 6.45) is 0.974. The maximum absolute atomic E-state index is 10.7. The SMILES string of the molecule is CCC(CC(=O)Br)C(=O)Br. The Morgan fingerprint density at radius 2 is 1.90 bits per heavy atom. The summed E-state index contributed by atoms with van der Waals surface area (Å²) in [7, 11) is 0. The van der Waals surface area contributed by atoms with Gasteiger partial charge < -0.3 is 0 Å². The van der Waals surface area contributed by atoms with Gasteiger partial charge in [0, 0.05) is 12.3 Å². The Kier molecular flexibility index (Phi) is 5.17. The first-order valence-electron chi connectivity index (χ1n) is 2.95. The van der Waals surface area contributed by atoms with E-state index in [1.807, 2.05) is 6.92 Å². The molecule has 0 aromatic carbocycles. The molecule has 0 fully saturated rings. The van der Waals surface area contributed by atoms with Crippen molar-refractivity contribution in [1.82, 2.24) is 0 Å². The summed E-state index contributed by atoms with van der Waals surface area (Å²) in [5.41, 5.74) is 0. The van der Waals surface area contributed by atoms with Gasteiger partial charge in [-0.2, -0.15) is 0 Å². The Morgan fingerprint density at radius 1 is 1.40 bits per heavy atom. The molecule has 0 aliphatic carbocycles. The molecule has 0 spiro atoms. The van der Waals surface area contributed by atoms with Crippen LogP contribution in [0.25, 0.3) is 0 Å². The highest BCUT2D eigenvalue weighted by Gasteiger charge is 2.15. The summed E-state index contributed by atoms with van der Waals surface area (Å²) in [5.74, 6) is -0.174. The Labute approximate surface area is 76.6 Å². The molecular weight excluding hydrogens is 264 g/mol. The van der Waals surface area contributed by atoms with Crippen LogP contribution in [0, 0.1) is 5.92 Å². The summed E-state index contributed by atoms with van der Waals surface area (Å²) >= 11 is 5.59. The smallest absolute Gasteiger partial charge is 0.201 e. The lowest BCUT2D eigenvalue weighted by Gasteiger charge is -2.04. The molecule has 10 heavy (non-hydrogen) atoms. The van der Waals surface area contributed by atoms with Crippen LogP contribution >= 0.6 is 31.9 Å². The van der Waals surface area contributed by atoms with Gasteiger partial charge in [-0.15, -0.1) is 0 Å². The average molecular weight is 272 g/mol. The molecule has 58 valence electrons. The van der Waals surface area contributed by atoms with E-state index in [0.717, 1.165) is 0 Å². The van der Waals surface area contributed by atoms with Gasteiger partial charge in [-0.25, -0.2) is 0 Å². The van der Waals surface area contributed by atoms with Crippen molar-refractivity contribution in [1.29, 1.82) is 0 Å². The molecule has 1 atom stereocenters. The number of carbonyl (C=O) groups excluding carboxylic acids is 2. The van der Waals surface area contributed by atoms with Gasteiger partial charge in [-0.3, -0.25) is 9.59 Å². The van der Waals surface area contributed by atoms with E-state index in [4.69, 9.17) is 0 Å². The van der Waals surface area contributed by atoms with Gasteiger partial charge in [-0.05, 0) is 38.3 Å². The number of halogens is 2. The maximum atomic E-state index is 10.7. The maximum Gasteiger partial charge on any atom is 0.201 e. The number of hydrogen-bond acceptors (Lipinski definition) is 2. The molecule has 0 aromatic rings. The molecule has 0 amide bonds. The van der Waals surface area contributed by atoms with Crippen LogP contribution in [-0.2, 0) is 9.59 Å². The van der Waals surface area contributed by atoms with Crippen molar-refractivity contribution in [3.8, 4) is 0 Å². The first-order valence-corrected chi connectivity index (χ1v) is 4.54. The molecule has 0 saturated carbocycles. The molecular formula is C6H8Br2O2. The topological polar surface area (TPSA) is 34.1 Å². The second-order valence-electron chi connectivity index (χ2n) is 1.97. The van der Waals surface area contributed by atoms with E-state index in [1.54, 1.807) is 0 Å². The summed E-state index contributed by atoms with van der Waals surface area (Å²) in [6, 6.07) is 0. The van der Waals surface area contributed by atoms with Gasteiger partial charge in [0.05, 0.1) is 0 Å². The molecule has 0 rings (SSSR count). The number of rotatable bonds is 4. The molecule has 1 unspecified atom stereocenters. The highest BCUT2D eigenvalue weighted by molar-refractivity contribution is 9.18. The standard InChI is InChI=1S/C6H8Br2O2/c1-2-4(6(8)10)3-5(7)9/h4H,2-3H2,1H3. The van der Waals surface area contributed by atoms with E-state index >= 15 is 0 Å². The second-order valence-corrected chi connectivity index (χ2v) is 3.63. The van der Waals surface area contributed by atoms with Crippen LogP contribution in [0.3, 0.4) is 0 Å². The molecule has 2 nitrogen and oxygen atoms in total. The van der Waals surface area contributed by atoms with E-state index in [0.29, 0.717) is 6.42 Å². The zero-order valence-corrected chi connectivity index (χ0v) is 8.74. The van der Waals surface area contributed by atoms with Gasteiger partial charge in [0.1, 0.15) is 0 Å². The van der Waals surface area contributed by atoms with Crippen molar-refractivity contribution in [3.63, 3.8) is 0 Å². The molecule has 0 aromatic heterocycles. The van der Waals surface area contributed by atoms with Crippen LogP contribution < -0.4 is 0 Å². The normalized spacial score (nSPS) is 12.7. The van der Waals surface area contributed by atoms with Gasteiger partial charge >= 0.3 is 0 Å². The highest BCUT2D eigenvalue weighted by atomic mass is 79.9. The predicted octanol–water partition coefficient (Wildman–Crippen LogP) is 2.25. The Hall–Kier alpha value is 0.300. The summed E-state index contributed by atoms with van der Waals surface area (Å²) in [4.78, 5) is 21.1. The Balaban J connectivity index is 3.83. The fourth-order valence-electron chi connectivity index (χ4n) is 0.579. The zero-order chi connectivity index (χ0) is 8.15. The van der Waals surface area contributed by atoms with Crippen molar-refractivity contribution in [3.05, 3.63) is 0 Å². The lowest BCUT2D eigenvalue weighted by Crippen LogP contribution is -2.09. The van der Waals surface area contributed by atoms with Gasteiger partial charge in [0.2, 0.25) is 4.69 Å². The molecule has 0 N–H and O–H groups in total. The van der Waals surface area contributed by atoms with E-state index < -0.39 is 0 Å². The minimum absolute atomic E-state index is 0.0946. The van der Waals surface area contributed by atoms with Crippen molar-refractivity contribution in [2.75, 3.05) is 0 Å². The first kappa shape index (κ1) is 10.3. The predicted molar refractivity (Wildman–Crippen MR) is 46.3 cm³/mol. The first-order chi connectivity index (χ1) is 4.57. The molecule has 0 heterocycles. The molecule has 0 aliphatic heterocycles. The fraction of sp³-hybridized carbons (Fsp3) is 0.667. The molecule has 0 bridgehead atoms. The lowest BCUT2D eigenvalue weighted by molar-refractivity contribution is -0.118. The Morgan fingerprint density at radius 3 is 2.00 bits per heavy atom. The fourth-order valence-corrected chi connectivity index (χ4v) is 1.46. The van der Waals surface area contributed by atoms with Crippen molar-refractivity contribution in [2.24, 2.45) is 5.92 Å². The summed E-state index contributed by atoms with van der Waals surface area (Å²) < 4.78 is -0.213. The minimum Gasteiger partial charge on any atom is -0.287 e. The molecule has 0 radical (unpaired) electrons. The van der Waals surface area contributed by atoms with Crippen LogP contribution in [0.15, 0.2) is 0 Å². The summed E-state index contributed by atoms with van der Waals surface area (Å²) in [5, 5.41) is 0. The monoisotopic (exact) mass is 270 g/mol. The van der Waals surface area contributed by atoms with Crippen LogP contribution in [0.5, 0.6) is 0 Å². The lowest BCUT2D eigenvalue weighted by atomic mass is 10.1. The zero-order valence-electron chi connectivity index (χ0n) is 5.56. The number of hydrogen-bond donors (Lipinski definition) is 0. The number of carbonyl (C=O) groups is 2. The van der Waals surface area contributed by atoms with Crippen molar-refractivity contribution in [2.45, 2.75) is 19.8 Å². The van der Waals surface area contributed by atoms with E-state index in [9.17, 15) is 9.59 Å². The van der Waals surface area contributed by atoms with Crippen molar-refractivity contribution < 1.29 is 9.59 Å². The van der Waals surface area contributed by atoms with E-state index in [1.165, 1.54) is 0 Å². The summed E-state index contributed by atoms with van der Waals surface area (Å²) in [6.45, 7) is 1.87. The van der Waals surface area contributed by atoms with Gasteiger partial charge in [-0.1, -0.05) is 6.92 Å². The largest absolute Gasteiger partial charge is 0.287 e. The molecule has 0 aliphatic rings. The van der Waals surface area contributed by atoms with Crippen LogP contribution in [-0.4, -0.2) is 9.39 Å². The van der Waals surface area contributed by atoms with E-state index in [2.05, 4.69) is 31.9 Å². The third-order valence-corrected chi connectivity index (χ3v) is 2.19. The van der Waals surface area contributed by atoms with Gasteiger partial charge in [0.15, 0.2) is 4.69 Å². The third-order valence-electron chi connectivity index (χ3n) is 1.22. The second kappa shape index (κ2) is 5.02. The van der Waals surface area contributed by atoms with E-state index in [-0.39, 0.29) is 21.7 Å². The van der Waals surface area contributed by atoms with Crippen molar-refractivity contribution >= 4 is 41.2 Å². The highest BCUT2D eigenvalue weighted by Crippen LogP contribution is 2.15. The molecule has 0 saturated heterocycles. The van der Waals surface area contributed by atoms with Crippen LogP contribution in [0.2, 0.25) is 0 Å². The van der Waals surface area contributed by atoms with Crippen LogP contribution in [0.4, 0.5) is 0 Å². The van der Waals surface area contributed by atoms with Crippen LogP contribution in [0.1, 0.15) is 19.8 Å². The Bertz CT molecular complexity index is 145. The minimum atomic E-state index is -0.174. The van der Waals surface area contributed by atoms with Gasteiger partial charge in [0.25, 0.3) is 0 Å². The quantitative estimate of drug-likeness (QED) is 0.735.